The molecule has 0 spiro atoms. The van der Waals surface area contributed by atoms with Gasteiger partial charge in [-0.1, -0.05) is 41.7 Å². The number of thiazole rings is 1. The fourth-order valence-corrected chi connectivity index (χ4v) is 3.86. The van der Waals surface area contributed by atoms with Gasteiger partial charge in [-0.3, -0.25) is 10.1 Å². The number of ether oxygens (including phenoxy) is 2. The molecule has 0 aliphatic carbocycles. The minimum atomic E-state index is -0.475. The third kappa shape index (κ3) is 3.86. The van der Waals surface area contributed by atoms with Crippen LogP contribution in [0.5, 0.6) is 5.75 Å². The van der Waals surface area contributed by atoms with Crippen molar-refractivity contribution in [2.45, 2.75) is 6.92 Å². The Morgan fingerprint density at radius 2 is 2.00 bits per heavy atom. The van der Waals surface area contributed by atoms with E-state index in [9.17, 15) is 9.59 Å². The molecule has 0 unspecified atom stereocenters. The van der Waals surface area contributed by atoms with Crippen molar-refractivity contribution >= 4 is 55.0 Å². The number of halogens is 1. The van der Waals surface area contributed by atoms with E-state index in [2.05, 4.69) is 31.0 Å². The van der Waals surface area contributed by atoms with Crippen LogP contribution in [0.1, 0.15) is 15.4 Å². The maximum atomic E-state index is 12.1. The van der Waals surface area contributed by atoms with E-state index < -0.39 is 5.97 Å². The first kappa shape index (κ1) is 18.3. The lowest BCUT2D eigenvalue weighted by Crippen LogP contribution is -2.20. The Labute approximate surface area is 162 Å². The van der Waals surface area contributed by atoms with E-state index in [0.29, 0.717) is 21.5 Å². The Kier molecular flexibility index (Phi) is 5.53. The molecule has 0 aliphatic heterocycles. The van der Waals surface area contributed by atoms with Gasteiger partial charge in [0, 0.05) is 0 Å². The molecular weight excluding hydrogens is 420 g/mol. The van der Waals surface area contributed by atoms with Gasteiger partial charge >= 0.3 is 5.97 Å². The van der Waals surface area contributed by atoms with E-state index in [1.54, 1.807) is 6.92 Å². The zero-order valence-electron chi connectivity index (χ0n) is 14.0. The predicted octanol–water partition coefficient (Wildman–Crippen LogP) is 4.17. The third-order valence-corrected chi connectivity index (χ3v) is 5.47. The van der Waals surface area contributed by atoms with Gasteiger partial charge in [0.2, 0.25) is 0 Å². The van der Waals surface area contributed by atoms with Crippen molar-refractivity contribution in [3.63, 3.8) is 0 Å². The summed E-state index contributed by atoms with van der Waals surface area (Å²) in [5.41, 5.74) is 0.510. The van der Waals surface area contributed by atoms with Crippen LogP contribution >= 0.6 is 27.3 Å². The molecule has 8 heteroatoms. The Morgan fingerprint density at radius 3 is 2.77 bits per heavy atom. The molecule has 1 aromatic heterocycles. The zero-order valence-corrected chi connectivity index (χ0v) is 16.4. The highest BCUT2D eigenvalue weighted by Crippen LogP contribution is 2.33. The minimum Gasteiger partial charge on any atom is -0.483 e. The average molecular weight is 435 g/mol. The van der Waals surface area contributed by atoms with Crippen molar-refractivity contribution in [1.29, 1.82) is 0 Å². The zero-order chi connectivity index (χ0) is 18.7. The van der Waals surface area contributed by atoms with Gasteiger partial charge in [0.05, 0.1) is 17.3 Å². The molecule has 1 N–H and O–H groups in total. The second kappa shape index (κ2) is 7.84. The molecule has 3 rings (SSSR count). The first-order chi connectivity index (χ1) is 12.5. The molecule has 0 aliphatic rings. The summed E-state index contributed by atoms with van der Waals surface area (Å²) < 4.78 is 11.1. The number of carbonyl (C=O) groups is 2. The summed E-state index contributed by atoms with van der Waals surface area (Å²) in [6, 6.07) is 11.6. The summed E-state index contributed by atoms with van der Waals surface area (Å²) >= 11 is 4.58. The number of aromatic nitrogens is 1. The van der Waals surface area contributed by atoms with Gasteiger partial charge in [0.25, 0.3) is 5.91 Å². The number of carbonyl (C=O) groups excluding carboxylic acids is 2. The van der Waals surface area contributed by atoms with Gasteiger partial charge in [-0.25, -0.2) is 9.78 Å². The number of esters is 1. The molecule has 2 aromatic carbocycles. The van der Waals surface area contributed by atoms with Crippen molar-refractivity contribution < 1.29 is 19.1 Å². The second-order valence-electron chi connectivity index (χ2n) is 5.36. The largest absolute Gasteiger partial charge is 0.483 e. The lowest BCUT2D eigenvalue weighted by molar-refractivity contribution is -0.118. The topological polar surface area (TPSA) is 77.5 Å². The minimum absolute atomic E-state index is 0.177. The van der Waals surface area contributed by atoms with Crippen molar-refractivity contribution in [1.82, 2.24) is 4.98 Å². The van der Waals surface area contributed by atoms with E-state index in [1.807, 2.05) is 36.4 Å². The number of fused-ring (bicyclic) bond motifs is 1. The van der Waals surface area contributed by atoms with Crippen LogP contribution in [0.25, 0.3) is 10.8 Å². The molecule has 134 valence electrons. The van der Waals surface area contributed by atoms with Crippen LogP contribution < -0.4 is 10.1 Å². The average Bonchev–Trinajstić information content (AvgIpc) is 3.00. The van der Waals surface area contributed by atoms with Crippen molar-refractivity contribution in [2.24, 2.45) is 0 Å². The van der Waals surface area contributed by atoms with Crippen LogP contribution in [0.2, 0.25) is 0 Å². The quantitative estimate of drug-likeness (QED) is 0.609. The molecule has 6 nitrogen and oxygen atoms in total. The third-order valence-electron chi connectivity index (χ3n) is 3.60. The Balaban J connectivity index is 1.66. The molecule has 0 saturated carbocycles. The van der Waals surface area contributed by atoms with Gasteiger partial charge in [0.15, 0.2) is 11.7 Å². The number of hydrogen-bond acceptors (Lipinski definition) is 6. The van der Waals surface area contributed by atoms with Crippen molar-refractivity contribution in [3.05, 3.63) is 51.4 Å². The van der Waals surface area contributed by atoms with Crippen LogP contribution in [0.15, 0.2) is 40.9 Å². The van der Waals surface area contributed by atoms with E-state index in [4.69, 9.17) is 4.74 Å². The monoisotopic (exact) mass is 434 g/mol. The standard InChI is InChI=1S/C18H15BrN2O4S/c1-10-16(17(23)24-2)26-18(20-10)21-14(22)9-25-13-8-7-11-5-3-4-6-12(11)15(13)19/h3-8H,9H2,1-2H3,(H,20,21,22). The molecule has 26 heavy (non-hydrogen) atoms. The van der Waals surface area contributed by atoms with Gasteiger partial charge in [0.1, 0.15) is 10.6 Å². The van der Waals surface area contributed by atoms with E-state index in [-0.39, 0.29) is 12.5 Å². The number of methoxy groups -OCH3 is 1. The highest BCUT2D eigenvalue weighted by Gasteiger charge is 2.17. The summed E-state index contributed by atoms with van der Waals surface area (Å²) in [5, 5.41) is 5.03. The lowest BCUT2D eigenvalue weighted by atomic mass is 10.1. The van der Waals surface area contributed by atoms with Crippen LogP contribution in [-0.2, 0) is 9.53 Å². The van der Waals surface area contributed by atoms with Crippen LogP contribution in [-0.4, -0.2) is 30.6 Å². The summed E-state index contributed by atoms with van der Waals surface area (Å²) in [4.78, 5) is 28.2. The first-order valence-corrected chi connectivity index (χ1v) is 9.26. The number of nitrogens with zero attached hydrogens (tertiary/aromatic N) is 1. The maximum absolute atomic E-state index is 12.1. The van der Waals surface area contributed by atoms with E-state index in [1.165, 1.54) is 7.11 Å². The lowest BCUT2D eigenvalue weighted by Gasteiger charge is -2.10. The number of anilines is 1. The molecule has 0 radical (unpaired) electrons. The number of aryl methyl sites for hydroxylation is 1. The molecule has 0 atom stereocenters. The molecule has 3 aromatic rings. The van der Waals surface area contributed by atoms with Gasteiger partial charge < -0.3 is 9.47 Å². The van der Waals surface area contributed by atoms with E-state index in [0.717, 1.165) is 26.6 Å². The van der Waals surface area contributed by atoms with Gasteiger partial charge in [-0.2, -0.15) is 0 Å². The number of nitrogens with one attached hydrogen (secondary N) is 1. The molecule has 1 heterocycles. The van der Waals surface area contributed by atoms with Crippen LogP contribution in [0, 0.1) is 6.92 Å². The van der Waals surface area contributed by atoms with Crippen LogP contribution in [0.3, 0.4) is 0 Å². The Bertz CT molecular complexity index is 986. The summed E-state index contributed by atoms with van der Waals surface area (Å²) in [6.45, 7) is 1.50. The fourth-order valence-electron chi connectivity index (χ4n) is 2.36. The van der Waals surface area contributed by atoms with E-state index >= 15 is 0 Å². The number of amides is 1. The number of hydrogen-bond donors (Lipinski definition) is 1. The molecule has 0 fully saturated rings. The Morgan fingerprint density at radius 1 is 1.23 bits per heavy atom. The molecule has 0 bridgehead atoms. The summed E-state index contributed by atoms with van der Waals surface area (Å²) in [7, 11) is 1.30. The summed E-state index contributed by atoms with van der Waals surface area (Å²) in [5.74, 6) is -0.267. The predicted molar refractivity (Wildman–Crippen MR) is 104 cm³/mol. The Hall–Kier alpha value is -2.45. The van der Waals surface area contributed by atoms with Gasteiger partial charge in [-0.05, 0) is 39.7 Å². The number of rotatable bonds is 5. The van der Waals surface area contributed by atoms with Crippen LogP contribution in [0.4, 0.5) is 5.13 Å². The smallest absolute Gasteiger partial charge is 0.350 e. The van der Waals surface area contributed by atoms with Crippen molar-refractivity contribution in [2.75, 3.05) is 19.0 Å². The normalized spacial score (nSPS) is 10.6. The maximum Gasteiger partial charge on any atom is 0.350 e. The SMILES string of the molecule is COC(=O)c1sc(NC(=O)COc2ccc3ccccc3c2Br)nc1C. The second-order valence-corrected chi connectivity index (χ2v) is 7.15. The fraction of sp³-hybridized carbons (Fsp3) is 0.167. The van der Waals surface area contributed by atoms with Crippen molar-refractivity contribution in [3.8, 4) is 5.75 Å². The molecule has 0 saturated heterocycles. The summed E-state index contributed by atoms with van der Waals surface area (Å²) in [6.07, 6.45) is 0. The highest BCUT2D eigenvalue weighted by atomic mass is 79.9. The first-order valence-electron chi connectivity index (χ1n) is 7.65. The van der Waals surface area contributed by atoms with Gasteiger partial charge in [-0.15, -0.1) is 0 Å². The molecular formula is C18H15BrN2O4S. The highest BCUT2D eigenvalue weighted by molar-refractivity contribution is 9.10. The number of benzene rings is 2. The molecule has 1 amide bonds.